The first kappa shape index (κ1) is 43.0. The van der Waals surface area contributed by atoms with Gasteiger partial charge >= 0.3 is 322 Å². The Bertz CT molecular complexity index is 1270. The zero-order chi connectivity index (χ0) is 37.1. The molecule has 49 heavy (non-hydrogen) atoms. The molecule has 0 spiro atoms. The summed E-state index contributed by atoms with van der Waals surface area (Å²) in [6, 6.07) is 15.4. The molecule has 0 aliphatic carbocycles. The third-order valence-corrected chi connectivity index (χ3v) is 35.5. The van der Waals surface area contributed by atoms with E-state index in [1.54, 1.807) is 48.1 Å². The second-order valence-electron chi connectivity index (χ2n) is 17.0. The fraction of sp³-hybridized carbons (Fsp3) is 0.600. The van der Waals surface area contributed by atoms with Crippen LogP contribution in [-0.2, 0) is 0 Å². The van der Waals surface area contributed by atoms with Crippen molar-refractivity contribution >= 4 is 42.9 Å². The maximum absolute atomic E-state index is 2.61. The molecule has 0 heterocycles. The molecule has 0 unspecified atom stereocenters. The number of hydrogen-bond donors (Lipinski definition) is 0. The Balaban J connectivity index is 2.41. The molecule has 0 fully saturated rings. The van der Waals surface area contributed by atoms with Gasteiger partial charge in [0.05, 0.1) is 0 Å². The van der Waals surface area contributed by atoms with Gasteiger partial charge in [-0.2, -0.15) is 0 Å². The van der Waals surface area contributed by atoms with Crippen LogP contribution in [-0.4, -0.2) is 17.4 Å². The van der Waals surface area contributed by atoms with E-state index in [2.05, 4.69) is 187 Å². The van der Waals surface area contributed by atoms with Gasteiger partial charge in [0.25, 0.3) is 0 Å². The first-order valence-electron chi connectivity index (χ1n) is 19.1. The van der Waals surface area contributed by atoms with Crippen LogP contribution < -0.4 is 0 Å². The summed E-state index contributed by atoms with van der Waals surface area (Å²) in [5, 5.41) is 0. The average molecular weight is 915 g/mol. The van der Waals surface area contributed by atoms with Crippen LogP contribution in [0.5, 0.6) is 0 Å². The maximum atomic E-state index is 2.56. The van der Waals surface area contributed by atoms with Crippen molar-refractivity contribution in [3.8, 4) is 0 Å². The summed E-state index contributed by atoms with van der Waals surface area (Å²) < 4.78 is 0. The molecule has 272 valence electrons. The third kappa shape index (κ3) is 10.8. The van der Waals surface area contributed by atoms with Gasteiger partial charge in [0.2, 0.25) is 0 Å². The summed E-state index contributed by atoms with van der Waals surface area (Å²) in [5.74, 6) is 4.53. The van der Waals surface area contributed by atoms with Crippen LogP contribution in [0.25, 0.3) is 0 Å². The van der Waals surface area contributed by atoms with Crippen molar-refractivity contribution in [3.05, 3.63) is 86.5 Å². The molecule has 0 N–H and O–H groups in total. The van der Waals surface area contributed by atoms with Crippen molar-refractivity contribution < 1.29 is 0 Å². The molecule has 0 aliphatic heterocycles. The Kier molecular flexibility index (Phi) is 16.3. The summed E-state index contributed by atoms with van der Waals surface area (Å²) in [7, 11) is 7.02. The summed E-state index contributed by atoms with van der Waals surface area (Å²) in [6.07, 6.45) is 0. The van der Waals surface area contributed by atoms with Crippen LogP contribution in [0.3, 0.4) is 0 Å². The molecule has 0 atom stereocenters. The second kappa shape index (κ2) is 18.6. The van der Waals surface area contributed by atoms with Gasteiger partial charge in [0.1, 0.15) is 0 Å². The van der Waals surface area contributed by atoms with Crippen LogP contribution in [0, 0.1) is 0 Å². The normalized spacial score (nSPS) is 12.7. The van der Waals surface area contributed by atoms with Gasteiger partial charge in [-0.15, -0.1) is 0 Å². The predicted octanol–water partition coefficient (Wildman–Crippen LogP) is 16.5. The fourth-order valence-corrected chi connectivity index (χ4v) is 37.8. The van der Waals surface area contributed by atoms with Crippen molar-refractivity contribution in [2.45, 2.75) is 193 Å². The Morgan fingerprint density at radius 1 is 0.286 bits per heavy atom. The molecular weight excluding hydrogens is 846 g/mol. The molecule has 4 heteroatoms. The summed E-state index contributed by atoms with van der Waals surface area (Å²) >= 11 is -2.61. The zero-order valence-corrected chi connectivity index (χ0v) is 40.3. The molecule has 0 amide bonds. The van der Waals surface area contributed by atoms with E-state index in [9.17, 15) is 0 Å². The fourth-order valence-electron chi connectivity index (χ4n) is 6.26. The van der Waals surface area contributed by atoms with E-state index in [1.807, 2.05) is 0 Å². The first-order chi connectivity index (χ1) is 22.7. The molecule has 0 bridgehead atoms. The van der Waals surface area contributed by atoms with Crippen molar-refractivity contribution in [1.29, 1.82) is 0 Å². The van der Waals surface area contributed by atoms with Crippen LogP contribution in [0.1, 0.15) is 228 Å². The van der Waals surface area contributed by atoms with E-state index in [-0.39, 0.29) is 0 Å². The van der Waals surface area contributed by atoms with Crippen LogP contribution in [0.2, 0.25) is 0 Å². The number of hydrogen-bond acceptors (Lipinski definition) is 3. The first-order valence-corrected chi connectivity index (χ1v) is 34.2. The topological polar surface area (TPSA) is 0 Å². The standard InChI is InChI=1S/3C15H24S.Bi/c3*1-9(2)12-7-13(10(3)4)15(16)14(8-12)11(5)6;/h3*7-11,16H,1-6H3;/q;;;+3/p-3. The van der Waals surface area contributed by atoms with Gasteiger partial charge in [-0.05, 0) is 0 Å². The number of rotatable bonds is 15. The predicted molar refractivity (Wildman–Crippen MR) is 229 cm³/mol. The van der Waals surface area contributed by atoms with Gasteiger partial charge in [-0.25, -0.2) is 0 Å². The molecule has 0 aliphatic rings. The quantitative estimate of drug-likeness (QED) is 0.139. The van der Waals surface area contributed by atoms with E-state index >= 15 is 0 Å². The Hall–Kier alpha value is -0.407. The molecule has 3 aromatic rings. The Morgan fingerprint density at radius 2 is 0.449 bits per heavy atom. The van der Waals surface area contributed by atoms with Gasteiger partial charge in [-0.1, -0.05) is 0 Å². The minimum atomic E-state index is -2.61. The molecule has 3 aromatic carbocycles. The van der Waals surface area contributed by atoms with Gasteiger partial charge in [0, 0.05) is 0 Å². The molecule has 0 saturated heterocycles. The Morgan fingerprint density at radius 3 is 0.571 bits per heavy atom. The average Bonchev–Trinajstić information content (AvgIpc) is 2.99. The number of benzene rings is 3. The van der Waals surface area contributed by atoms with Crippen molar-refractivity contribution in [1.82, 2.24) is 0 Å². The van der Waals surface area contributed by atoms with Gasteiger partial charge in [0.15, 0.2) is 0 Å². The molecule has 0 nitrogen and oxygen atoms in total. The van der Waals surface area contributed by atoms with E-state index in [0.717, 1.165) is 0 Å². The van der Waals surface area contributed by atoms with Gasteiger partial charge < -0.3 is 0 Å². The van der Waals surface area contributed by atoms with E-state index in [0.29, 0.717) is 53.3 Å². The third-order valence-electron chi connectivity index (χ3n) is 9.74. The molecule has 0 saturated carbocycles. The molecule has 0 radical (unpaired) electrons. The molecular formula is C45H69BiS3. The zero-order valence-electron chi connectivity index (χ0n) is 34.3. The molecule has 3 rings (SSSR count). The SMILES string of the molecule is CC(C)c1cc(C(C)C)c([S][Bi]([S]c2c(C(C)C)cc(C(C)C)cc2C(C)C)[S]c2c(C(C)C)cc(C(C)C)cc2C(C)C)c(C(C)C)c1. The molecule has 0 aromatic heterocycles. The van der Waals surface area contributed by atoms with E-state index < -0.39 is 17.4 Å². The minimum absolute atomic E-state index is 0.491. The monoisotopic (exact) mass is 914 g/mol. The summed E-state index contributed by atoms with van der Waals surface area (Å²) in [6.45, 7) is 43.1. The summed E-state index contributed by atoms with van der Waals surface area (Å²) in [5.41, 5.74) is 13.8. The second-order valence-corrected chi connectivity index (χ2v) is 42.6. The van der Waals surface area contributed by atoms with E-state index in [1.165, 1.54) is 16.7 Å². The van der Waals surface area contributed by atoms with Crippen molar-refractivity contribution in [2.75, 3.05) is 0 Å². The van der Waals surface area contributed by atoms with E-state index in [4.69, 9.17) is 0 Å². The van der Waals surface area contributed by atoms with Crippen LogP contribution >= 0.6 is 25.6 Å². The van der Waals surface area contributed by atoms with Crippen LogP contribution in [0.15, 0.2) is 51.1 Å². The summed E-state index contributed by atoms with van der Waals surface area (Å²) in [4.78, 5) is 4.79. The van der Waals surface area contributed by atoms with Crippen molar-refractivity contribution in [3.63, 3.8) is 0 Å². The van der Waals surface area contributed by atoms with Crippen LogP contribution in [0.4, 0.5) is 0 Å². The van der Waals surface area contributed by atoms with Crippen molar-refractivity contribution in [2.24, 2.45) is 0 Å². The Labute approximate surface area is 319 Å². The van der Waals surface area contributed by atoms with Gasteiger partial charge in [-0.3, -0.25) is 0 Å².